The van der Waals surface area contributed by atoms with Crippen LogP contribution in [0.5, 0.6) is 0 Å². The molecule has 16 heavy (non-hydrogen) atoms. The molecule has 0 atom stereocenters. The number of anilines is 2. The summed E-state index contributed by atoms with van der Waals surface area (Å²) >= 11 is 0. The zero-order valence-electron chi connectivity index (χ0n) is 9.19. The summed E-state index contributed by atoms with van der Waals surface area (Å²) in [6.07, 6.45) is 1.93. The van der Waals surface area contributed by atoms with Gasteiger partial charge in [0, 0.05) is 11.4 Å². The van der Waals surface area contributed by atoms with E-state index in [-0.39, 0.29) is 0 Å². The number of benzene rings is 2. The van der Waals surface area contributed by atoms with E-state index in [0.29, 0.717) is 0 Å². The number of nitrogen functional groups attached to an aromatic ring is 2. The fourth-order valence-electron chi connectivity index (χ4n) is 1.77. The average molecular weight is 212 g/mol. The molecule has 0 fully saturated rings. The number of aryl methyl sites for hydroxylation is 2. The molecule has 0 aliphatic carbocycles. The third kappa shape index (κ3) is 2.54. The molecule has 0 aliphatic rings. The average Bonchev–Trinajstić information content (AvgIpc) is 2.32. The van der Waals surface area contributed by atoms with Gasteiger partial charge in [-0.05, 0) is 42.2 Å². The Labute approximate surface area is 95.9 Å². The Kier molecular flexibility index (Phi) is 3.10. The molecule has 82 valence electrons. The number of nitrogens with two attached hydrogens (primary N) is 2. The van der Waals surface area contributed by atoms with Crippen LogP contribution in [0.25, 0.3) is 0 Å². The summed E-state index contributed by atoms with van der Waals surface area (Å²) < 4.78 is 0. The van der Waals surface area contributed by atoms with Gasteiger partial charge in [0.05, 0.1) is 0 Å². The zero-order chi connectivity index (χ0) is 11.4. The van der Waals surface area contributed by atoms with Crippen molar-refractivity contribution in [1.82, 2.24) is 0 Å². The van der Waals surface area contributed by atoms with Gasteiger partial charge in [-0.1, -0.05) is 30.3 Å². The molecule has 0 unspecified atom stereocenters. The molecule has 0 amide bonds. The second-order valence-corrected chi connectivity index (χ2v) is 3.94. The van der Waals surface area contributed by atoms with Gasteiger partial charge < -0.3 is 11.5 Å². The van der Waals surface area contributed by atoms with E-state index in [1.54, 1.807) is 0 Å². The molecule has 0 heterocycles. The van der Waals surface area contributed by atoms with Crippen molar-refractivity contribution in [1.29, 1.82) is 0 Å². The Bertz CT molecular complexity index is 463. The van der Waals surface area contributed by atoms with Crippen molar-refractivity contribution in [2.75, 3.05) is 11.5 Å². The van der Waals surface area contributed by atoms with Crippen LogP contribution in [0.4, 0.5) is 11.4 Å². The van der Waals surface area contributed by atoms with Crippen LogP contribution in [0, 0.1) is 0 Å². The maximum atomic E-state index is 5.90. The van der Waals surface area contributed by atoms with Crippen molar-refractivity contribution >= 4 is 11.4 Å². The molecule has 0 bridgehead atoms. The molecule has 2 nitrogen and oxygen atoms in total. The Morgan fingerprint density at radius 3 is 2.31 bits per heavy atom. The normalized spacial score (nSPS) is 10.2. The van der Waals surface area contributed by atoms with E-state index in [1.165, 1.54) is 5.56 Å². The zero-order valence-corrected chi connectivity index (χ0v) is 9.19. The standard InChI is InChI=1S/C14H16N2/c15-13-8-9-14(16)12(10-13)7-6-11-4-2-1-3-5-11/h1-5,8-10H,6-7,15-16H2. The molecule has 2 aromatic carbocycles. The van der Waals surface area contributed by atoms with Gasteiger partial charge in [-0.2, -0.15) is 0 Å². The molecule has 0 aliphatic heterocycles. The van der Waals surface area contributed by atoms with Crippen molar-refractivity contribution < 1.29 is 0 Å². The van der Waals surface area contributed by atoms with Crippen LogP contribution in [-0.2, 0) is 12.8 Å². The SMILES string of the molecule is Nc1ccc(N)c(CCc2ccccc2)c1. The van der Waals surface area contributed by atoms with E-state index < -0.39 is 0 Å². The van der Waals surface area contributed by atoms with Crippen LogP contribution in [0.2, 0.25) is 0 Å². The lowest BCUT2D eigenvalue weighted by atomic mass is 10.0. The molecule has 2 rings (SSSR count). The summed E-state index contributed by atoms with van der Waals surface area (Å²) in [5, 5.41) is 0. The molecule has 2 heteroatoms. The summed E-state index contributed by atoms with van der Waals surface area (Å²) in [4.78, 5) is 0. The lowest BCUT2D eigenvalue weighted by Crippen LogP contribution is -1.98. The van der Waals surface area contributed by atoms with E-state index in [1.807, 2.05) is 24.3 Å². The fourth-order valence-corrected chi connectivity index (χ4v) is 1.77. The lowest BCUT2D eigenvalue weighted by molar-refractivity contribution is 0.963. The highest BCUT2D eigenvalue weighted by atomic mass is 14.6. The second kappa shape index (κ2) is 4.71. The van der Waals surface area contributed by atoms with Crippen LogP contribution in [0.3, 0.4) is 0 Å². The van der Waals surface area contributed by atoms with Crippen molar-refractivity contribution in [2.45, 2.75) is 12.8 Å². The van der Waals surface area contributed by atoms with Crippen LogP contribution < -0.4 is 11.5 Å². The van der Waals surface area contributed by atoms with E-state index in [9.17, 15) is 0 Å². The smallest absolute Gasteiger partial charge is 0.0348 e. The van der Waals surface area contributed by atoms with E-state index in [0.717, 1.165) is 29.8 Å². The highest BCUT2D eigenvalue weighted by Gasteiger charge is 2.00. The quantitative estimate of drug-likeness (QED) is 0.768. The summed E-state index contributed by atoms with van der Waals surface area (Å²) in [5.41, 5.74) is 15.7. The summed E-state index contributed by atoms with van der Waals surface area (Å²) in [6.45, 7) is 0. The minimum atomic E-state index is 0.775. The highest BCUT2D eigenvalue weighted by molar-refractivity contribution is 5.55. The molecule has 2 aromatic rings. The van der Waals surface area contributed by atoms with Crippen LogP contribution in [0.1, 0.15) is 11.1 Å². The third-order valence-corrected chi connectivity index (χ3v) is 2.69. The van der Waals surface area contributed by atoms with Crippen molar-refractivity contribution in [3.8, 4) is 0 Å². The van der Waals surface area contributed by atoms with E-state index in [2.05, 4.69) is 24.3 Å². The first kappa shape index (κ1) is 10.6. The van der Waals surface area contributed by atoms with E-state index >= 15 is 0 Å². The summed E-state index contributed by atoms with van der Waals surface area (Å²) in [5.74, 6) is 0. The maximum Gasteiger partial charge on any atom is 0.0348 e. The molecule has 0 aromatic heterocycles. The van der Waals surface area contributed by atoms with Crippen molar-refractivity contribution in [3.05, 3.63) is 59.7 Å². The van der Waals surface area contributed by atoms with Crippen LogP contribution >= 0.6 is 0 Å². The van der Waals surface area contributed by atoms with Crippen LogP contribution in [-0.4, -0.2) is 0 Å². The van der Waals surface area contributed by atoms with Gasteiger partial charge in [0.25, 0.3) is 0 Å². The van der Waals surface area contributed by atoms with Crippen molar-refractivity contribution in [3.63, 3.8) is 0 Å². The molecular formula is C14H16N2. The minimum Gasteiger partial charge on any atom is -0.399 e. The fraction of sp³-hybridized carbons (Fsp3) is 0.143. The van der Waals surface area contributed by atoms with E-state index in [4.69, 9.17) is 11.5 Å². The Morgan fingerprint density at radius 1 is 0.812 bits per heavy atom. The lowest BCUT2D eigenvalue weighted by Gasteiger charge is -2.06. The first-order chi connectivity index (χ1) is 7.75. The molecule has 0 saturated heterocycles. The third-order valence-electron chi connectivity index (χ3n) is 2.69. The van der Waals surface area contributed by atoms with Crippen LogP contribution in [0.15, 0.2) is 48.5 Å². The Hall–Kier alpha value is -1.96. The monoisotopic (exact) mass is 212 g/mol. The predicted molar refractivity (Wildman–Crippen MR) is 69.1 cm³/mol. The van der Waals surface area contributed by atoms with Gasteiger partial charge in [-0.15, -0.1) is 0 Å². The van der Waals surface area contributed by atoms with Gasteiger partial charge >= 0.3 is 0 Å². The van der Waals surface area contributed by atoms with Gasteiger partial charge in [0.2, 0.25) is 0 Å². The van der Waals surface area contributed by atoms with Gasteiger partial charge in [-0.25, -0.2) is 0 Å². The number of hydrogen-bond acceptors (Lipinski definition) is 2. The highest BCUT2D eigenvalue weighted by Crippen LogP contribution is 2.17. The Balaban J connectivity index is 2.08. The molecular weight excluding hydrogens is 196 g/mol. The first-order valence-corrected chi connectivity index (χ1v) is 5.43. The van der Waals surface area contributed by atoms with Gasteiger partial charge in [-0.3, -0.25) is 0 Å². The van der Waals surface area contributed by atoms with Crippen molar-refractivity contribution in [2.24, 2.45) is 0 Å². The minimum absolute atomic E-state index is 0.775. The topological polar surface area (TPSA) is 52.0 Å². The predicted octanol–water partition coefficient (Wildman–Crippen LogP) is 2.64. The molecule has 0 radical (unpaired) electrons. The second-order valence-electron chi connectivity index (χ2n) is 3.94. The summed E-state index contributed by atoms with van der Waals surface area (Å²) in [6, 6.07) is 16.1. The molecule has 0 saturated carbocycles. The van der Waals surface area contributed by atoms with Gasteiger partial charge in [0.15, 0.2) is 0 Å². The first-order valence-electron chi connectivity index (χ1n) is 5.43. The van der Waals surface area contributed by atoms with Gasteiger partial charge in [0.1, 0.15) is 0 Å². The summed E-state index contributed by atoms with van der Waals surface area (Å²) in [7, 11) is 0. The largest absolute Gasteiger partial charge is 0.399 e. The molecule has 4 N–H and O–H groups in total. The number of hydrogen-bond donors (Lipinski definition) is 2. The number of rotatable bonds is 3. The Morgan fingerprint density at radius 2 is 1.56 bits per heavy atom. The molecule has 0 spiro atoms. The maximum absolute atomic E-state index is 5.90.